The van der Waals surface area contributed by atoms with Crippen LogP contribution in [-0.2, 0) is 4.79 Å². The molecule has 2 heterocycles. The number of amides is 1. The van der Waals surface area contributed by atoms with Crippen LogP contribution in [0.1, 0.15) is 18.0 Å². The zero-order valence-corrected chi connectivity index (χ0v) is 16.4. The summed E-state index contributed by atoms with van der Waals surface area (Å²) in [5.74, 6) is 0.528. The molecule has 1 amide bonds. The highest BCUT2D eigenvalue weighted by Gasteiger charge is 2.19. The SMILES string of the molecule is COc1cc(OC)nc(NC(=O)CN(C)[C@@H](C)c2nc3ccccc3s2)n1. The van der Waals surface area contributed by atoms with Gasteiger partial charge >= 0.3 is 0 Å². The van der Waals surface area contributed by atoms with Crippen molar-refractivity contribution in [1.29, 1.82) is 0 Å². The molecule has 2 aromatic heterocycles. The second-order valence-corrected chi connectivity index (χ2v) is 7.00. The van der Waals surface area contributed by atoms with E-state index in [9.17, 15) is 4.79 Å². The van der Waals surface area contributed by atoms with E-state index < -0.39 is 0 Å². The van der Waals surface area contributed by atoms with Gasteiger partial charge in [-0.05, 0) is 26.1 Å². The molecule has 0 bridgehead atoms. The molecule has 9 heteroatoms. The quantitative estimate of drug-likeness (QED) is 0.667. The van der Waals surface area contributed by atoms with E-state index >= 15 is 0 Å². The number of rotatable bonds is 7. The van der Waals surface area contributed by atoms with Crippen molar-refractivity contribution < 1.29 is 14.3 Å². The van der Waals surface area contributed by atoms with Crippen LogP contribution in [0.5, 0.6) is 11.8 Å². The fourth-order valence-electron chi connectivity index (χ4n) is 2.45. The molecule has 3 rings (SSSR count). The highest BCUT2D eigenvalue weighted by Crippen LogP contribution is 2.28. The van der Waals surface area contributed by atoms with E-state index in [2.05, 4.69) is 20.3 Å². The third-order valence-corrected chi connectivity index (χ3v) is 5.28. The lowest BCUT2D eigenvalue weighted by molar-refractivity contribution is -0.117. The number of ether oxygens (including phenoxy) is 2. The summed E-state index contributed by atoms with van der Waals surface area (Å²) in [6, 6.07) is 9.53. The number of benzene rings is 1. The van der Waals surface area contributed by atoms with Crippen molar-refractivity contribution in [3.63, 3.8) is 0 Å². The number of carbonyl (C=O) groups excluding carboxylic acids is 1. The smallest absolute Gasteiger partial charge is 0.240 e. The molecule has 0 aliphatic rings. The molecule has 0 radical (unpaired) electrons. The molecule has 3 aromatic rings. The van der Waals surface area contributed by atoms with Crippen LogP contribution in [0, 0.1) is 0 Å². The second-order valence-electron chi connectivity index (χ2n) is 5.94. The van der Waals surface area contributed by atoms with Gasteiger partial charge in [-0.1, -0.05) is 12.1 Å². The lowest BCUT2D eigenvalue weighted by atomic mass is 10.3. The van der Waals surface area contributed by atoms with Crippen LogP contribution in [0.4, 0.5) is 5.95 Å². The van der Waals surface area contributed by atoms with Crippen molar-refractivity contribution in [3.05, 3.63) is 35.3 Å². The Labute approximate surface area is 161 Å². The first-order valence-electron chi connectivity index (χ1n) is 8.32. The van der Waals surface area contributed by atoms with Crippen molar-refractivity contribution in [2.45, 2.75) is 13.0 Å². The molecule has 142 valence electrons. The van der Waals surface area contributed by atoms with E-state index in [0.29, 0.717) is 11.8 Å². The van der Waals surface area contributed by atoms with Crippen LogP contribution in [0.2, 0.25) is 0 Å². The lowest BCUT2D eigenvalue weighted by Crippen LogP contribution is -2.32. The number of nitrogens with one attached hydrogen (secondary N) is 1. The molecule has 0 aliphatic heterocycles. The monoisotopic (exact) mass is 387 g/mol. The summed E-state index contributed by atoms with van der Waals surface area (Å²) in [5, 5.41) is 3.64. The van der Waals surface area contributed by atoms with Gasteiger partial charge < -0.3 is 9.47 Å². The Morgan fingerprint density at radius 1 is 1.19 bits per heavy atom. The minimum atomic E-state index is -0.235. The Bertz CT molecular complexity index is 890. The summed E-state index contributed by atoms with van der Waals surface area (Å²) < 4.78 is 11.3. The van der Waals surface area contributed by atoms with Crippen molar-refractivity contribution in [3.8, 4) is 11.8 Å². The molecule has 8 nitrogen and oxygen atoms in total. The Balaban J connectivity index is 1.66. The lowest BCUT2D eigenvalue weighted by Gasteiger charge is -2.22. The molecule has 1 atom stereocenters. The Morgan fingerprint density at radius 3 is 2.48 bits per heavy atom. The van der Waals surface area contributed by atoms with Crippen LogP contribution in [0.15, 0.2) is 30.3 Å². The van der Waals surface area contributed by atoms with Crippen molar-refractivity contribution in [1.82, 2.24) is 19.9 Å². The van der Waals surface area contributed by atoms with Crippen molar-refractivity contribution >= 4 is 33.4 Å². The van der Waals surface area contributed by atoms with Gasteiger partial charge in [-0.3, -0.25) is 15.0 Å². The third kappa shape index (κ3) is 4.50. The number of likely N-dealkylation sites (N-methyl/N-ethyl adjacent to an activating group) is 1. The summed E-state index contributed by atoms with van der Waals surface area (Å²) in [5.41, 5.74) is 0.971. The predicted octanol–water partition coefficient (Wildman–Crippen LogP) is 2.74. The molecule has 0 unspecified atom stereocenters. The highest BCUT2D eigenvalue weighted by molar-refractivity contribution is 7.18. The molecule has 0 saturated heterocycles. The molecular formula is C18H21N5O3S. The molecule has 1 N–H and O–H groups in total. The molecule has 0 aliphatic carbocycles. The second kappa shape index (κ2) is 8.28. The highest BCUT2D eigenvalue weighted by atomic mass is 32.1. The largest absolute Gasteiger partial charge is 0.481 e. The number of fused-ring (bicyclic) bond motifs is 1. The van der Waals surface area contributed by atoms with Crippen LogP contribution in [0.3, 0.4) is 0 Å². The summed E-state index contributed by atoms with van der Waals surface area (Å²) in [7, 11) is 4.85. The molecule has 0 saturated carbocycles. The van der Waals surface area contributed by atoms with Crippen LogP contribution < -0.4 is 14.8 Å². The van der Waals surface area contributed by atoms with Gasteiger partial charge in [0.1, 0.15) is 5.01 Å². The molecule has 0 fully saturated rings. The maximum Gasteiger partial charge on any atom is 0.240 e. The number of aromatic nitrogens is 3. The van der Waals surface area contributed by atoms with E-state index in [4.69, 9.17) is 9.47 Å². The van der Waals surface area contributed by atoms with Crippen LogP contribution in [-0.4, -0.2) is 53.6 Å². The fourth-order valence-corrected chi connectivity index (χ4v) is 3.54. The number of para-hydroxylation sites is 1. The average Bonchev–Trinajstić information content (AvgIpc) is 3.10. The summed E-state index contributed by atoms with van der Waals surface area (Å²) in [6.07, 6.45) is 0. The van der Waals surface area contributed by atoms with Crippen LogP contribution in [0.25, 0.3) is 10.2 Å². The molecule has 0 spiro atoms. The van der Waals surface area contributed by atoms with Crippen molar-refractivity contribution in [2.75, 3.05) is 33.1 Å². The van der Waals surface area contributed by atoms with Gasteiger partial charge in [-0.25, -0.2) is 4.98 Å². The number of anilines is 1. The Hall–Kier alpha value is -2.78. The topological polar surface area (TPSA) is 89.5 Å². The first-order valence-corrected chi connectivity index (χ1v) is 9.14. The predicted molar refractivity (Wildman–Crippen MR) is 104 cm³/mol. The number of thiazole rings is 1. The maximum atomic E-state index is 12.4. The maximum absolute atomic E-state index is 12.4. The first-order chi connectivity index (χ1) is 13.0. The number of methoxy groups -OCH3 is 2. The van der Waals surface area contributed by atoms with Gasteiger partial charge in [-0.15, -0.1) is 11.3 Å². The molecule has 1 aromatic carbocycles. The minimum absolute atomic E-state index is 0.00564. The third-order valence-electron chi connectivity index (χ3n) is 4.07. The minimum Gasteiger partial charge on any atom is -0.481 e. The number of nitrogens with zero attached hydrogens (tertiary/aromatic N) is 4. The van der Waals surface area contributed by atoms with Gasteiger partial charge in [0.05, 0.1) is 43.1 Å². The van der Waals surface area contributed by atoms with Gasteiger partial charge in [0.25, 0.3) is 0 Å². The number of carbonyl (C=O) groups is 1. The first kappa shape index (κ1) is 19.0. The summed E-state index contributed by atoms with van der Waals surface area (Å²) >= 11 is 1.63. The molecule has 27 heavy (non-hydrogen) atoms. The zero-order chi connectivity index (χ0) is 19.4. The van der Waals surface area contributed by atoms with E-state index in [1.54, 1.807) is 11.3 Å². The van der Waals surface area contributed by atoms with Gasteiger partial charge in [-0.2, -0.15) is 9.97 Å². The van der Waals surface area contributed by atoms with Gasteiger partial charge in [0.15, 0.2) is 0 Å². The van der Waals surface area contributed by atoms with Gasteiger partial charge in [0, 0.05) is 0 Å². The van der Waals surface area contributed by atoms with E-state index in [1.165, 1.54) is 20.3 Å². The fraction of sp³-hybridized carbons (Fsp3) is 0.333. The van der Waals surface area contributed by atoms with Crippen molar-refractivity contribution in [2.24, 2.45) is 0 Å². The van der Waals surface area contributed by atoms with Gasteiger partial charge in [0.2, 0.25) is 23.6 Å². The number of hydrogen-bond acceptors (Lipinski definition) is 8. The number of hydrogen-bond donors (Lipinski definition) is 1. The zero-order valence-electron chi connectivity index (χ0n) is 15.6. The summed E-state index contributed by atoms with van der Waals surface area (Å²) in [6.45, 7) is 2.19. The Morgan fingerprint density at radius 2 is 1.85 bits per heavy atom. The normalized spacial score (nSPS) is 12.2. The van der Waals surface area contributed by atoms with Crippen LogP contribution >= 0.6 is 11.3 Å². The van der Waals surface area contributed by atoms with E-state index in [-0.39, 0.29) is 24.4 Å². The Kier molecular flexibility index (Phi) is 5.82. The summed E-state index contributed by atoms with van der Waals surface area (Å²) in [4.78, 5) is 27.2. The average molecular weight is 387 g/mol. The van der Waals surface area contributed by atoms with E-state index in [0.717, 1.165) is 15.2 Å². The standard InChI is InChI=1S/C18H21N5O3S/c1-11(17-19-12-7-5-6-8-13(12)27-17)23(2)10-14(24)20-18-21-15(25-3)9-16(22-18)26-4/h5-9,11H,10H2,1-4H3,(H,20,21,22,24)/t11-/m0/s1. The van der Waals surface area contributed by atoms with E-state index in [1.807, 2.05) is 43.1 Å². The molecular weight excluding hydrogens is 366 g/mol.